The Hall–Kier alpha value is 0.440. The van der Waals surface area contributed by atoms with Gasteiger partial charge in [0.05, 0.1) is 0 Å². The van der Waals surface area contributed by atoms with Crippen molar-refractivity contribution < 1.29 is 0 Å². The molecule has 2 heteroatoms. The minimum atomic E-state index is 0.338. The van der Waals surface area contributed by atoms with E-state index in [2.05, 4.69) is 29.8 Å². The van der Waals surface area contributed by atoms with Gasteiger partial charge in [-0.15, -0.1) is 0 Å². The van der Waals surface area contributed by atoms with Crippen LogP contribution in [0.2, 0.25) is 0 Å². The molecule has 0 bridgehead atoms. The normalized spacial score (nSPS) is 15.0. The third-order valence-corrected chi connectivity index (χ3v) is 4.41. The van der Waals surface area contributed by atoms with Crippen LogP contribution in [0.25, 0.3) is 0 Å². The lowest BCUT2D eigenvalue weighted by atomic mass is 10.0. The molecule has 0 saturated carbocycles. The first-order chi connectivity index (χ1) is 7.72. The molecule has 1 nitrogen and oxygen atoms in total. The summed E-state index contributed by atoms with van der Waals surface area (Å²) >= 11 is 3.68. The Morgan fingerprint density at radius 2 is 1.38 bits per heavy atom. The van der Waals surface area contributed by atoms with Crippen LogP contribution in [0.1, 0.15) is 78.1 Å². The fraction of sp³-hybridized carbons (Fsp3) is 1.00. The molecule has 16 heavy (non-hydrogen) atoms. The molecule has 0 heterocycles. The van der Waals surface area contributed by atoms with E-state index >= 15 is 0 Å². The number of halogens is 1. The second-order valence-electron chi connectivity index (χ2n) is 4.85. The average Bonchev–Trinajstić information content (AvgIpc) is 2.31. The molecule has 0 spiro atoms. The van der Waals surface area contributed by atoms with Gasteiger partial charge in [0, 0.05) is 10.9 Å². The first-order valence-corrected chi connectivity index (χ1v) is 8.03. The molecule has 0 amide bonds. The number of hydrogen-bond donors (Lipinski definition) is 1. The van der Waals surface area contributed by atoms with Gasteiger partial charge in [0.1, 0.15) is 0 Å². The molecule has 0 rings (SSSR count). The van der Waals surface area contributed by atoms with Crippen molar-refractivity contribution in [2.45, 2.75) is 88.9 Å². The van der Waals surface area contributed by atoms with Gasteiger partial charge in [0.15, 0.2) is 0 Å². The Kier molecular flexibility index (Phi) is 12.2. The van der Waals surface area contributed by atoms with E-state index in [0.717, 1.165) is 6.42 Å². The molecule has 0 aromatic carbocycles. The summed E-state index contributed by atoms with van der Waals surface area (Å²) in [6.07, 6.45) is 13.5. The minimum Gasteiger partial charge on any atom is -0.327 e. The van der Waals surface area contributed by atoms with Crippen LogP contribution in [0, 0.1) is 0 Å². The molecule has 0 fully saturated rings. The third kappa shape index (κ3) is 9.65. The summed E-state index contributed by atoms with van der Waals surface area (Å²) in [7, 11) is 0. The molecular weight excluding hydrogens is 262 g/mol. The smallest absolute Gasteiger partial charge is 0.0297 e. The van der Waals surface area contributed by atoms with Gasteiger partial charge in [-0.25, -0.2) is 0 Å². The van der Waals surface area contributed by atoms with Crippen molar-refractivity contribution in [3.05, 3.63) is 0 Å². The summed E-state index contributed by atoms with van der Waals surface area (Å²) in [5.74, 6) is 0. The lowest BCUT2D eigenvalue weighted by molar-refractivity contribution is 0.530. The Morgan fingerprint density at radius 1 is 0.875 bits per heavy atom. The fourth-order valence-corrected chi connectivity index (χ4v) is 2.64. The van der Waals surface area contributed by atoms with Crippen molar-refractivity contribution in [3.63, 3.8) is 0 Å². The monoisotopic (exact) mass is 291 g/mol. The number of rotatable bonds is 11. The summed E-state index contributed by atoms with van der Waals surface area (Å²) in [6.45, 7) is 4.43. The second kappa shape index (κ2) is 11.9. The summed E-state index contributed by atoms with van der Waals surface area (Å²) < 4.78 is 0. The number of alkyl halides is 1. The van der Waals surface area contributed by atoms with Crippen LogP contribution in [0.4, 0.5) is 0 Å². The molecule has 2 unspecified atom stereocenters. The Balaban J connectivity index is 3.14. The summed E-state index contributed by atoms with van der Waals surface area (Å²) in [4.78, 5) is 0.526. The van der Waals surface area contributed by atoms with Crippen molar-refractivity contribution in [1.29, 1.82) is 0 Å². The Bertz CT molecular complexity index is 139. The fourth-order valence-electron chi connectivity index (χ4n) is 1.94. The average molecular weight is 292 g/mol. The van der Waals surface area contributed by atoms with E-state index in [9.17, 15) is 0 Å². The first kappa shape index (κ1) is 16.4. The van der Waals surface area contributed by atoms with Gasteiger partial charge in [0.25, 0.3) is 0 Å². The van der Waals surface area contributed by atoms with Gasteiger partial charge in [0.2, 0.25) is 0 Å². The largest absolute Gasteiger partial charge is 0.327 e. The van der Waals surface area contributed by atoms with E-state index in [1.165, 1.54) is 57.8 Å². The summed E-state index contributed by atoms with van der Waals surface area (Å²) in [6, 6.07) is 0.338. The Labute approximate surface area is 111 Å². The summed E-state index contributed by atoms with van der Waals surface area (Å²) in [5.41, 5.74) is 5.97. The zero-order chi connectivity index (χ0) is 12.2. The van der Waals surface area contributed by atoms with Gasteiger partial charge in [-0.3, -0.25) is 0 Å². The standard InChI is InChI=1S/C14H30BrN/c1-3-5-6-7-8-9-10-11-12-13(15)14(16)4-2/h13-14H,3-12,16H2,1-2H3. The van der Waals surface area contributed by atoms with E-state index in [-0.39, 0.29) is 0 Å². The molecule has 0 aliphatic carbocycles. The highest BCUT2D eigenvalue weighted by atomic mass is 79.9. The second-order valence-corrected chi connectivity index (χ2v) is 6.03. The minimum absolute atomic E-state index is 0.338. The van der Waals surface area contributed by atoms with E-state index in [4.69, 9.17) is 5.73 Å². The third-order valence-electron chi connectivity index (χ3n) is 3.27. The molecule has 0 aliphatic rings. The highest BCUT2D eigenvalue weighted by molar-refractivity contribution is 9.09. The molecule has 0 aromatic rings. The highest BCUT2D eigenvalue weighted by Gasteiger charge is 2.11. The molecular formula is C14H30BrN. The predicted molar refractivity (Wildman–Crippen MR) is 78.2 cm³/mol. The van der Waals surface area contributed by atoms with Crippen molar-refractivity contribution in [3.8, 4) is 0 Å². The lowest BCUT2D eigenvalue weighted by Crippen LogP contribution is -2.29. The number of unbranched alkanes of at least 4 members (excludes halogenated alkanes) is 7. The van der Waals surface area contributed by atoms with Gasteiger partial charge in [-0.05, 0) is 12.8 Å². The van der Waals surface area contributed by atoms with E-state index in [0.29, 0.717) is 10.9 Å². The molecule has 2 atom stereocenters. The van der Waals surface area contributed by atoms with Crippen LogP contribution in [0.5, 0.6) is 0 Å². The zero-order valence-corrected chi connectivity index (χ0v) is 12.8. The SMILES string of the molecule is CCCCCCCCCCC(Br)C(N)CC. The van der Waals surface area contributed by atoms with Crippen LogP contribution in [0.15, 0.2) is 0 Å². The van der Waals surface area contributed by atoms with E-state index in [1.54, 1.807) is 0 Å². The molecule has 2 N–H and O–H groups in total. The van der Waals surface area contributed by atoms with Crippen molar-refractivity contribution in [2.24, 2.45) is 5.73 Å². The molecule has 98 valence electrons. The number of hydrogen-bond acceptors (Lipinski definition) is 1. The number of nitrogens with two attached hydrogens (primary N) is 1. The highest BCUT2D eigenvalue weighted by Crippen LogP contribution is 2.17. The van der Waals surface area contributed by atoms with Gasteiger partial charge in [-0.1, -0.05) is 81.1 Å². The van der Waals surface area contributed by atoms with Crippen LogP contribution in [0.3, 0.4) is 0 Å². The van der Waals surface area contributed by atoms with Crippen LogP contribution in [-0.4, -0.2) is 10.9 Å². The van der Waals surface area contributed by atoms with Gasteiger partial charge >= 0.3 is 0 Å². The van der Waals surface area contributed by atoms with Crippen molar-refractivity contribution >= 4 is 15.9 Å². The van der Waals surface area contributed by atoms with Gasteiger partial charge in [-0.2, -0.15) is 0 Å². The molecule has 0 aromatic heterocycles. The molecule has 0 saturated heterocycles. The van der Waals surface area contributed by atoms with E-state index < -0.39 is 0 Å². The maximum atomic E-state index is 5.97. The predicted octanol–water partition coefficient (Wildman–Crippen LogP) is 5.02. The molecule has 0 aliphatic heterocycles. The lowest BCUT2D eigenvalue weighted by Gasteiger charge is -2.16. The molecule has 0 radical (unpaired) electrons. The van der Waals surface area contributed by atoms with Crippen molar-refractivity contribution in [2.75, 3.05) is 0 Å². The van der Waals surface area contributed by atoms with Gasteiger partial charge < -0.3 is 5.73 Å². The quantitative estimate of drug-likeness (QED) is 0.420. The van der Waals surface area contributed by atoms with Crippen molar-refractivity contribution in [1.82, 2.24) is 0 Å². The van der Waals surface area contributed by atoms with E-state index in [1.807, 2.05) is 0 Å². The zero-order valence-electron chi connectivity index (χ0n) is 11.2. The van der Waals surface area contributed by atoms with Crippen LogP contribution >= 0.6 is 15.9 Å². The topological polar surface area (TPSA) is 26.0 Å². The first-order valence-electron chi connectivity index (χ1n) is 7.12. The maximum Gasteiger partial charge on any atom is 0.0297 e. The summed E-state index contributed by atoms with van der Waals surface area (Å²) in [5, 5.41) is 0. The Morgan fingerprint density at radius 3 is 1.88 bits per heavy atom. The van der Waals surface area contributed by atoms with Crippen LogP contribution < -0.4 is 5.73 Å². The van der Waals surface area contributed by atoms with Crippen LogP contribution in [-0.2, 0) is 0 Å². The maximum absolute atomic E-state index is 5.97.